The van der Waals surface area contributed by atoms with E-state index in [9.17, 15) is 0 Å². The van der Waals surface area contributed by atoms with Crippen LogP contribution in [0.3, 0.4) is 0 Å². The van der Waals surface area contributed by atoms with Gasteiger partial charge < -0.3 is 10.1 Å². The molecular weight excluding hydrogens is 222 g/mol. The van der Waals surface area contributed by atoms with Crippen LogP contribution >= 0.6 is 11.5 Å². The zero-order valence-corrected chi connectivity index (χ0v) is 10.8. The van der Waals surface area contributed by atoms with Crippen molar-refractivity contribution in [3.05, 3.63) is 18.0 Å². The van der Waals surface area contributed by atoms with Gasteiger partial charge in [-0.05, 0) is 13.3 Å². The van der Waals surface area contributed by atoms with Gasteiger partial charge in [-0.1, -0.05) is 19.1 Å². The summed E-state index contributed by atoms with van der Waals surface area (Å²) in [5.41, 5.74) is 1.04. The minimum Gasteiger partial charge on any atom is -0.375 e. The molecule has 4 nitrogen and oxygen atoms in total. The molecule has 0 amide bonds. The van der Waals surface area contributed by atoms with Gasteiger partial charge >= 0.3 is 0 Å². The number of rotatable bonds is 8. The van der Waals surface area contributed by atoms with E-state index in [1.165, 1.54) is 11.5 Å². The van der Waals surface area contributed by atoms with E-state index in [-0.39, 0.29) is 0 Å². The van der Waals surface area contributed by atoms with Crippen LogP contribution in [0.1, 0.15) is 26.1 Å². The second-order valence-corrected chi connectivity index (χ2v) is 4.45. The summed E-state index contributed by atoms with van der Waals surface area (Å²) in [6, 6.07) is 0. The molecule has 16 heavy (non-hydrogen) atoms. The van der Waals surface area contributed by atoms with Gasteiger partial charge in [0.2, 0.25) is 5.13 Å². The van der Waals surface area contributed by atoms with Crippen LogP contribution in [0.5, 0.6) is 0 Å². The lowest BCUT2D eigenvalue weighted by Gasteiger charge is -2.03. The molecule has 1 rings (SSSR count). The number of hydrogen-bond acceptors (Lipinski definition) is 5. The number of ether oxygens (including phenoxy) is 1. The standard InChI is InChI=1S/C11H19N3OS/c1-4-5-10-13-11(16-14-10)12-6-7-15-8-9(2)3/h2,4-8H2,1,3H3,(H,12,13,14). The van der Waals surface area contributed by atoms with E-state index in [1.807, 2.05) is 6.92 Å². The fraction of sp³-hybridized carbons (Fsp3) is 0.636. The molecule has 0 spiro atoms. The lowest BCUT2D eigenvalue weighted by molar-refractivity contribution is 0.167. The summed E-state index contributed by atoms with van der Waals surface area (Å²) in [4.78, 5) is 4.36. The van der Waals surface area contributed by atoms with Gasteiger partial charge in [0.05, 0.1) is 13.2 Å². The topological polar surface area (TPSA) is 47.0 Å². The van der Waals surface area contributed by atoms with Crippen molar-refractivity contribution in [2.75, 3.05) is 25.1 Å². The smallest absolute Gasteiger partial charge is 0.202 e. The van der Waals surface area contributed by atoms with Gasteiger partial charge in [-0.3, -0.25) is 0 Å². The Kier molecular flexibility index (Phi) is 6.03. The maximum absolute atomic E-state index is 5.37. The first-order chi connectivity index (χ1) is 7.72. The number of aromatic nitrogens is 2. The van der Waals surface area contributed by atoms with Crippen molar-refractivity contribution < 1.29 is 4.74 Å². The summed E-state index contributed by atoms with van der Waals surface area (Å²) in [6.07, 6.45) is 2.03. The number of nitrogens with one attached hydrogen (secondary N) is 1. The molecule has 0 aromatic carbocycles. The summed E-state index contributed by atoms with van der Waals surface area (Å²) in [7, 11) is 0. The molecule has 0 bridgehead atoms. The minimum atomic E-state index is 0.624. The Morgan fingerprint density at radius 1 is 1.56 bits per heavy atom. The van der Waals surface area contributed by atoms with Gasteiger partial charge in [0, 0.05) is 24.5 Å². The summed E-state index contributed by atoms with van der Waals surface area (Å²) in [5.74, 6) is 0.929. The van der Waals surface area contributed by atoms with E-state index >= 15 is 0 Å². The fourth-order valence-corrected chi connectivity index (χ4v) is 1.76. The second kappa shape index (κ2) is 7.35. The van der Waals surface area contributed by atoms with Crippen LogP contribution in [0.2, 0.25) is 0 Å². The van der Waals surface area contributed by atoms with Crippen molar-refractivity contribution in [1.29, 1.82) is 0 Å². The van der Waals surface area contributed by atoms with E-state index in [4.69, 9.17) is 4.74 Å². The molecule has 1 heterocycles. The highest BCUT2D eigenvalue weighted by Crippen LogP contribution is 2.11. The van der Waals surface area contributed by atoms with Gasteiger partial charge in [0.25, 0.3) is 0 Å². The van der Waals surface area contributed by atoms with Crippen LogP contribution in [0.4, 0.5) is 5.13 Å². The van der Waals surface area contributed by atoms with E-state index in [2.05, 4.69) is 28.2 Å². The Morgan fingerprint density at radius 3 is 3.06 bits per heavy atom. The van der Waals surface area contributed by atoms with Gasteiger partial charge in [-0.25, -0.2) is 4.98 Å². The van der Waals surface area contributed by atoms with Gasteiger partial charge in [0.15, 0.2) is 0 Å². The fourth-order valence-electron chi connectivity index (χ4n) is 1.13. The first-order valence-electron chi connectivity index (χ1n) is 5.51. The first kappa shape index (κ1) is 13.1. The minimum absolute atomic E-state index is 0.624. The summed E-state index contributed by atoms with van der Waals surface area (Å²) in [5, 5.41) is 4.06. The summed E-state index contributed by atoms with van der Waals surface area (Å²) < 4.78 is 9.61. The van der Waals surface area contributed by atoms with Crippen molar-refractivity contribution in [2.45, 2.75) is 26.7 Å². The average Bonchev–Trinajstić information content (AvgIpc) is 2.65. The highest BCUT2D eigenvalue weighted by molar-refractivity contribution is 7.09. The van der Waals surface area contributed by atoms with E-state index in [0.29, 0.717) is 13.2 Å². The zero-order valence-electron chi connectivity index (χ0n) is 9.95. The molecule has 1 aromatic heterocycles. The van der Waals surface area contributed by atoms with Crippen LogP contribution in [-0.4, -0.2) is 29.1 Å². The normalized spacial score (nSPS) is 10.4. The second-order valence-electron chi connectivity index (χ2n) is 3.70. The maximum Gasteiger partial charge on any atom is 0.202 e. The molecule has 0 saturated carbocycles. The molecule has 0 aliphatic heterocycles. The van der Waals surface area contributed by atoms with Crippen LogP contribution in [0, 0.1) is 0 Å². The molecular formula is C11H19N3OS. The van der Waals surface area contributed by atoms with Crippen molar-refractivity contribution in [2.24, 2.45) is 0 Å². The number of nitrogens with zero attached hydrogens (tertiary/aromatic N) is 2. The maximum atomic E-state index is 5.37. The summed E-state index contributed by atoms with van der Waals surface area (Å²) >= 11 is 1.41. The Hall–Kier alpha value is -0.940. The molecule has 0 atom stereocenters. The molecule has 1 aromatic rings. The predicted molar refractivity (Wildman–Crippen MR) is 68.0 cm³/mol. The monoisotopic (exact) mass is 241 g/mol. The molecule has 0 aliphatic carbocycles. The van der Waals surface area contributed by atoms with Gasteiger partial charge in [-0.15, -0.1) is 0 Å². The Morgan fingerprint density at radius 2 is 2.38 bits per heavy atom. The molecule has 0 radical (unpaired) electrons. The lowest BCUT2D eigenvalue weighted by atomic mass is 10.3. The Bertz CT molecular complexity index is 325. The molecule has 0 aliphatic rings. The number of anilines is 1. The summed E-state index contributed by atoms with van der Waals surface area (Å²) in [6.45, 7) is 9.89. The van der Waals surface area contributed by atoms with E-state index in [1.54, 1.807) is 0 Å². The van der Waals surface area contributed by atoms with E-state index < -0.39 is 0 Å². The molecule has 0 fully saturated rings. The first-order valence-corrected chi connectivity index (χ1v) is 6.28. The zero-order chi connectivity index (χ0) is 11.8. The SMILES string of the molecule is C=C(C)COCCNc1nc(CCC)ns1. The third kappa shape index (κ3) is 5.23. The third-order valence-electron chi connectivity index (χ3n) is 1.81. The molecule has 5 heteroatoms. The van der Waals surface area contributed by atoms with E-state index in [0.717, 1.165) is 35.9 Å². The van der Waals surface area contributed by atoms with Gasteiger partial charge in [0.1, 0.15) is 5.82 Å². The quantitative estimate of drug-likeness (QED) is 0.561. The van der Waals surface area contributed by atoms with Crippen molar-refractivity contribution >= 4 is 16.7 Å². The van der Waals surface area contributed by atoms with Crippen LogP contribution in [0.15, 0.2) is 12.2 Å². The number of aryl methyl sites for hydroxylation is 1. The van der Waals surface area contributed by atoms with Crippen LogP contribution < -0.4 is 5.32 Å². The molecule has 0 unspecified atom stereocenters. The molecule has 90 valence electrons. The average molecular weight is 241 g/mol. The lowest BCUT2D eigenvalue weighted by Crippen LogP contribution is -2.10. The third-order valence-corrected chi connectivity index (χ3v) is 2.52. The number of hydrogen-bond donors (Lipinski definition) is 1. The van der Waals surface area contributed by atoms with Crippen molar-refractivity contribution in [3.63, 3.8) is 0 Å². The van der Waals surface area contributed by atoms with Crippen molar-refractivity contribution in [3.8, 4) is 0 Å². The molecule has 0 saturated heterocycles. The van der Waals surface area contributed by atoms with Crippen molar-refractivity contribution in [1.82, 2.24) is 9.36 Å². The van der Waals surface area contributed by atoms with Crippen LogP contribution in [0.25, 0.3) is 0 Å². The highest BCUT2D eigenvalue weighted by atomic mass is 32.1. The molecule has 1 N–H and O–H groups in total. The predicted octanol–water partition coefficient (Wildman–Crippen LogP) is 2.50. The Labute approximate surface area is 101 Å². The largest absolute Gasteiger partial charge is 0.375 e. The van der Waals surface area contributed by atoms with Gasteiger partial charge in [-0.2, -0.15) is 4.37 Å². The Balaban J connectivity index is 2.14. The van der Waals surface area contributed by atoms with Crippen LogP contribution in [-0.2, 0) is 11.2 Å². The highest BCUT2D eigenvalue weighted by Gasteiger charge is 2.01.